The fourth-order valence-corrected chi connectivity index (χ4v) is 2.26. The minimum absolute atomic E-state index is 0.602. The summed E-state index contributed by atoms with van der Waals surface area (Å²) in [6.45, 7) is 0.602. The SMILES string of the molecule is COc1ccccc1C1=CCOc2ccccc21. The van der Waals surface area contributed by atoms with Crippen molar-refractivity contribution in [1.82, 2.24) is 0 Å². The molecule has 0 unspecified atom stereocenters. The molecule has 1 aliphatic heterocycles. The molecule has 0 saturated carbocycles. The molecule has 90 valence electrons. The van der Waals surface area contributed by atoms with Gasteiger partial charge in [0, 0.05) is 11.1 Å². The molecule has 0 aromatic heterocycles. The Balaban J connectivity index is 2.15. The molecule has 0 spiro atoms. The zero-order valence-electron chi connectivity index (χ0n) is 10.2. The molecule has 0 aliphatic carbocycles. The molecule has 18 heavy (non-hydrogen) atoms. The van der Waals surface area contributed by atoms with Crippen LogP contribution in [0, 0.1) is 0 Å². The molecule has 0 N–H and O–H groups in total. The molecule has 3 rings (SSSR count). The Bertz CT molecular complexity index is 600. The van der Waals surface area contributed by atoms with Crippen LogP contribution in [0.25, 0.3) is 5.57 Å². The largest absolute Gasteiger partial charge is 0.496 e. The first-order valence-corrected chi connectivity index (χ1v) is 5.96. The summed E-state index contributed by atoms with van der Waals surface area (Å²) in [5.41, 5.74) is 3.40. The summed E-state index contributed by atoms with van der Waals surface area (Å²) in [4.78, 5) is 0. The molecule has 0 atom stereocenters. The quantitative estimate of drug-likeness (QED) is 0.797. The topological polar surface area (TPSA) is 18.5 Å². The van der Waals surface area contributed by atoms with E-state index in [-0.39, 0.29) is 0 Å². The van der Waals surface area contributed by atoms with E-state index >= 15 is 0 Å². The van der Waals surface area contributed by atoms with Gasteiger partial charge in [0.15, 0.2) is 0 Å². The fourth-order valence-electron chi connectivity index (χ4n) is 2.26. The number of ether oxygens (including phenoxy) is 2. The second-order valence-electron chi connectivity index (χ2n) is 4.13. The third kappa shape index (κ3) is 1.76. The highest BCUT2D eigenvalue weighted by Crippen LogP contribution is 2.37. The van der Waals surface area contributed by atoms with Gasteiger partial charge in [-0.25, -0.2) is 0 Å². The summed E-state index contributed by atoms with van der Waals surface area (Å²) in [5, 5.41) is 0. The van der Waals surface area contributed by atoms with Crippen LogP contribution in [-0.4, -0.2) is 13.7 Å². The zero-order chi connectivity index (χ0) is 12.4. The predicted molar refractivity (Wildman–Crippen MR) is 72.0 cm³/mol. The molecule has 0 bridgehead atoms. The van der Waals surface area contributed by atoms with Crippen LogP contribution in [0.5, 0.6) is 11.5 Å². The van der Waals surface area contributed by atoms with Crippen LogP contribution in [0.4, 0.5) is 0 Å². The normalized spacial score (nSPS) is 13.3. The monoisotopic (exact) mass is 238 g/mol. The van der Waals surface area contributed by atoms with E-state index in [9.17, 15) is 0 Å². The van der Waals surface area contributed by atoms with Crippen LogP contribution in [0.15, 0.2) is 54.6 Å². The van der Waals surface area contributed by atoms with Crippen molar-refractivity contribution in [2.45, 2.75) is 0 Å². The highest BCUT2D eigenvalue weighted by molar-refractivity contribution is 5.86. The molecule has 2 aromatic carbocycles. The molecule has 0 amide bonds. The van der Waals surface area contributed by atoms with Gasteiger partial charge in [0.25, 0.3) is 0 Å². The van der Waals surface area contributed by atoms with Crippen LogP contribution in [0.3, 0.4) is 0 Å². The van der Waals surface area contributed by atoms with Gasteiger partial charge in [-0.1, -0.05) is 36.4 Å². The van der Waals surface area contributed by atoms with E-state index < -0.39 is 0 Å². The molecule has 2 nitrogen and oxygen atoms in total. The summed E-state index contributed by atoms with van der Waals surface area (Å²) < 4.78 is 11.1. The molecule has 0 radical (unpaired) electrons. The molecule has 2 aromatic rings. The van der Waals surface area contributed by atoms with E-state index in [4.69, 9.17) is 9.47 Å². The molecule has 1 aliphatic rings. The van der Waals surface area contributed by atoms with Gasteiger partial charge in [-0.05, 0) is 23.8 Å². The van der Waals surface area contributed by atoms with Gasteiger partial charge >= 0.3 is 0 Å². The van der Waals surface area contributed by atoms with Crippen molar-refractivity contribution in [3.63, 3.8) is 0 Å². The van der Waals surface area contributed by atoms with Crippen LogP contribution >= 0.6 is 0 Å². The number of para-hydroxylation sites is 2. The lowest BCUT2D eigenvalue weighted by Crippen LogP contribution is -2.05. The Morgan fingerprint density at radius 2 is 1.67 bits per heavy atom. The first kappa shape index (κ1) is 10.9. The zero-order valence-corrected chi connectivity index (χ0v) is 10.2. The van der Waals surface area contributed by atoms with E-state index in [2.05, 4.69) is 18.2 Å². The van der Waals surface area contributed by atoms with Crippen molar-refractivity contribution < 1.29 is 9.47 Å². The second-order valence-corrected chi connectivity index (χ2v) is 4.13. The molecule has 1 heterocycles. The van der Waals surface area contributed by atoms with Crippen LogP contribution in [0.2, 0.25) is 0 Å². The van der Waals surface area contributed by atoms with E-state index in [1.54, 1.807) is 7.11 Å². The van der Waals surface area contributed by atoms with Gasteiger partial charge in [-0.2, -0.15) is 0 Å². The van der Waals surface area contributed by atoms with Crippen LogP contribution < -0.4 is 9.47 Å². The predicted octanol–water partition coefficient (Wildman–Crippen LogP) is 3.52. The van der Waals surface area contributed by atoms with Gasteiger partial charge in [-0.3, -0.25) is 0 Å². The van der Waals surface area contributed by atoms with E-state index in [1.807, 2.05) is 36.4 Å². The lowest BCUT2D eigenvalue weighted by Gasteiger charge is -2.20. The van der Waals surface area contributed by atoms with Crippen molar-refractivity contribution in [3.8, 4) is 11.5 Å². The Morgan fingerprint density at radius 3 is 2.50 bits per heavy atom. The maximum Gasteiger partial charge on any atom is 0.127 e. The Labute approximate surface area is 106 Å². The molecule has 2 heteroatoms. The Morgan fingerprint density at radius 1 is 0.944 bits per heavy atom. The lowest BCUT2D eigenvalue weighted by molar-refractivity contribution is 0.357. The maximum atomic E-state index is 5.63. The summed E-state index contributed by atoms with van der Waals surface area (Å²) in [7, 11) is 1.70. The number of benzene rings is 2. The highest BCUT2D eigenvalue weighted by atomic mass is 16.5. The van der Waals surface area contributed by atoms with Crippen molar-refractivity contribution in [2.24, 2.45) is 0 Å². The van der Waals surface area contributed by atoms with Crippen molar-refractivity contribution in [1.29, 1.82) is 0 Å². The first-order chi connectivity index (χ1) is 8.90. The average Bonchev–Trinajstić information content (AvgIpc) is 2.46. The number of hydrogen-bond donors (Lipinski definition) is 0. The number of rotatable bonds is 2. The fraction of sp³-hybridized carbons (Fsp3) is 0.125. The molecular formula is C16H14O2. The van der Waals surface area contributed by atoms with E-state index in [0.717, 1.165) is 22.6 Å². The van der Waals surface area contributed by atoms with Crippen molar-refractivity contribution in [3.05, 3.63) is 65.7 Å². The van der Waals surface area contributed by atoms with Gasteiger partial charge < -0.3 is 9.47 Å². The lowest BCUT2D eigenvalue weighted by atomic mass is 9.95. The van der Waals surface area contributed by atoms with Crippen molar-refractivity contribution in [2.75, 3.05) is 13.7 Å². The van der Waals surface area contributed by atoms with Gasteiger partial charge in [-0.15, -0.1) is 0 Å². The summed E-state index contributed by atoms with van der Waals surface area (Å²) in [5.74, 6) is 1.82. The smallest absolute Gasteiger partial charge is 0.127 e. The molecule has 0 saturated heterocycles. The minimum Gasteiger partial charge on any atom is -0.496 e. The van der Waals surface area contributed by atoms with Gasteiger partial charge in [0.1, 0.15) is 18.1 Å². The number of methoxy groups -OCH3 is 1. The highest BCUT2D eigenvalue weighted by Gasteiger charge is 2.17. The molecule has 0 fully saturated rings. The van der Waals surface area contributed by atoms with Crippen LogP contribution in [-0.2, 0) is 0 Å². The third-order valence-electron chi connectivity index (χ3n) is 3.10. The minimum atomic E-state index is 0.602. The third-order valence-corrected chi connectivity index (χ3v) is 3.10. The Kier molecular flexibility index (Phi) is 2.77. The second kappa shape index (κ2) is 4.57. The molecular weight excluding hydrogens is 224 g/mol. The van der Waals surface area contributed by atoms with E-state index in [1.165, 1.54) is 5.57 Å². The van der Waals surface area contributed by atoms with Crippen LogP contribution in [0.1, 0.15) is 11.1 Å². The number of hydrogen-bond acceptors (Lipinski definition) is 2. The summed E-state index contributed by atoms with van der Waals surface area (Å²) >= 11 is 0. The Hall–Kier alpha value is -2.22. The average molecular weight is 238 g/mol. The number of fused-ring (bicyclic) bond motifs is 1. The first-order valence-electron chi connectivity index (χ1n) is 5.96. The van der Waals surface area contributed by atoms with E-state index in [0.29, 0.717) is 6.61 Å². The van der Waals surface area contributed by atoms with Gasteiger partial charge in [0.2, 0.25) is 0 Å². The standard InChI is InChI=1S/C16H14O2/c1-17-15-8-4-2-6-13(15)12-10-11-18-16-9-5-3-7-14(12)16/h2-10H,11H2,1H3. The van der Waals surface area contributed by atoms with Crippen molar-refractivity contribution >= 4 is 5.57 Å². The van der Waals surface area contributed by atoms with Gasteiger partial charge in [0.05, 0.1) is 7.11 Å². The summed E-state index contributed by atoms with van der Waals surface area (Å²) in [6, 6.07) is 16.1. The summed E-state index contributed by atoms with van der Waals surface area (Å²) in [6.07, 6.45) is 2.10. The maximum absolute atomic E-state index is 5.63.